The zero-order chi connectivity index (χ0) is 30.4. The smallest absolute Gasteiger partial charge is 0.0553 e. The molecule has 0 amide bonds. The van der Waals surface area contributed by atoms with Crippen molar-refractivity contribution in [3.8, 4) is 16.8 Å². The monoisotopic (exact) mass is 595 g/mol. The van der Waals surface area contributed by atoms with Crippen LogP contribution in [0.25, 0.3) is 83.1 Å². The number of aromatic nitrogens is 1. The fourth-order valence-corrected chi connectivity index (χ4v) is 9.10. The van der Waals surface area contributed by atoms with Gasteiger partial charge >= 0.3 is 0 Å². The third-order valence-corrected chi connectivity index (χ3v) is 11.3. The second-order valence-corrected chi connectivity index (χ2v) is 14.0. The zero-order valence-corrected chi connectivity index (χ0v) is 26.6. The normalized spacial score (nSPS) is 15.7. The van der Waals surface area contributed by atoms with E-state index in [2.05, 4.69) is 147 Å². The molecule has 2 aliphatic carbocycles. The molecule has 9 rings (SSSR count). The van der Waals surface area contributed by atoms with Crippen molar-refractivity contribution in [1.29, 1.82) is 0 Å². The number of hydrogen-bond donors (Lipinski definition) is 0. The van der Waals surface area contributed by atoms with Gasteiger partial charge < -0.3 is 4.57 Å². The van der Waals surface area contributed by atoms with Gasteiger partial charge in [-0.05, 0) is 92.9 Å². The van der Waals surface area contributed by atoms with Crippen molar-refractivity contribution >= 4 is 77.6 Å². The molecule has 0 saturated heterocycles. The molecule has 0 fully saturated rings. The summed E-state index contributed by atoms with van der Waals surface area (Å²) in [4.78, 5) is 0. The Bertz CT molecular complexity index is 2730. The molecule has 7 aromatic rings. The van der Waals surface area contributed by atoms with E-state index < -0.39 is 0 Å². The van der Waals surface area contributed by atoms with Crippen molar-refractivity contribution in [3.63, 3.8) is 0 Å². The summed E-state index contributed by atoms with van der Waals surface area (Å²) >= 11 is 1.87. The number of benzene rings is 5. The number of fused-ring (bicyclic) bond motifs is 9. The van der Waals surface area contributed by atoms with Gasteiger partial charge in [-0.15, -0.1) is 11.3 Å². The SMILES string of the molecule is C=c1/c(=C\C=C/C)ccc2c1c1c3c4c(cc1n2-c1ccc2sc5ccccc5c2c1)=CC=CCC=4C(C)(C)c1ccccc1-3. The van der Waals surface area contributed by atoms with E-state index in [4.69, 9.17) is 6.58 Å². The van der Waals surface area contributed by atoms with Crippen molar-refractivity contribution < 1.29 is 0 Å². The number of hydrogen-bond acceptors (Lipinski definition) is 1. The quantitative estimate of drug-likeness (QED) is 0.188. The van der Waals surface area contributed by atoms with E-state index in [0.29, 0.717) is 0 Å². The number of nitrogens with zero attached hydrogens (tertiary/aromatic N) is 1. The minimum atomic E-state index is -0.0733. The fraction of sp³-hybridized carbons (Fsp3) is 0.116. The summed E-state index contributed by atoms with van der Waals surface area (Å²) in [5.41, 5.74) is 9.11. The third-order valence-electron chi connectivity index (χ3n) is 10.1. The van der Waals surface area contributed by atoms with Crippen LogP contribution in [0.2, 0.25) is 0 Å². The topological polar surface area (TPSA) is 4.93 Å². The van der Waals surface area contributed by atoms with Crippen molar-refractivity contribution in [3.05, 3.63) is 136 Å². The van der Waals surface area contributed by atoms with Crippen LogP contribution in [0.4, 0.5) is 0 Å². The third kappa shape index (κ3) is 3.61. The predicted octanol–water partition coefficient (Wildman–Crippen LogP) is 8.77. The van der Waals surface area contributed by atoms with Crippen LogP contribution in [0, 0.1) is 0 Å². The summed E-state index contributed by atoms with van der Waals surface area (Å²) in [7, 11) is 0. The van der Waals surface area contributed by atoms with Crippen LogP contribution in [-0.2, 0) is 5.41 Å². The van der Waals surface area contributed by atoms with Crippen LogP contribution in [0.1, 0.15) is 32.8 Å². The Hall–Kier alpha value is -4.92. The maximum atomic E-state index is 4.77. The molecule has 2 heteroatoms. The maximum Gasteiger partial charge on any atom is 0.0553 e. The minimum absolute atomic E-state index is 0.0733. The molecule has 0 atom stereocenters. The van der Waals surface area contributed by atoms with Crippen molar-refractivity contribution in [2.45, 2.75) is 32.6 Å². The Balaban J connectivity index is 1.55. The van der Waals surface area contributed by atoms with Crippen molar-refractivity contribution in [2.75, 3.05) is 0 Å². The first kappa shape index (κ1) is 26.5. The van der Waals surface area contributed by atoms with Gasteiger partial charge in [-0.3, -0.25) is 0 Å². The predicted molar refractivity (Wildman–Crippen MR) is 197 cm³/mol. The van der Waals surface area contributed by atoms with Crippen LogP contribution in [0.3, 0.4) is 0 Å². The lowest BCUT2D eigenvalue weighted by molar-refractivity contribution is 0.670. The number of allylic oxidation sites excluding steroid dienone is 4. The van der Waals surface area contributed by atoms with Crippen LogP contribution in [0.15, 0.2) is 109 Å². The highest BCUT2D eigenvalue weighted by atomic mass is 32.1. The molecular formula is C43H33NS. The summed E-state index contributed by atoms with van der Waals surface area (Å²) in [5, 5.41) is 10.1. The van der Waals surface area contributed by atoms with Gasteiger partial charge in [0, 0.05) is 42.0 Å². The molecule has 0 radical (unpaired) electrons. The lowest BCUT2D eigenvalue weighted by Gasteiger charge is -2.35. The van der Waals surface area contributed by atoms with E-state index in [1.165, 1.54) is 80.4 Å². The highest BCUT2D eigenvalue weighted by Crippen LogP contribution is 2.46. The lowest BCUT2D eigenvalue weighted by Crippen LogP contribution is -2.39. The van der Waals surface area contributed by atoms with Crippen LogP contribution < -0.4 is 20.9 Å². The van der Waals surface area contributed by atoms with Gasteiger partial charge in [0.1, 0.15) is 0 Å². The molecule has 0 saturated carbocycles. The molecule has 0 N–H and O–H groups in total. The lowest BCUT2D eigenvalue weighted by atomic mass is 9.68. The zero-order valence-electron chi connectivity index (χ0n) is 25.8. The first-order valence-corrected chi connectivity index (χ1v) is 16.6. The number of thiophene rings is 1. The molecule has 45 heavy (non-hydrogen) atoms. The highest BCUT2D eigenvalue weighted by molar-refractivity contribution is 7.25. The Morgan fingerprint density at radius 1 is 0.844 bits per heavy atom. The standard InChI is InChI=1S/C43H33NS/c1-5-6-13-27-20-22-35-39(26(27)2)42-36(44(35)29-21-23-38-32(25-29)30-15-9-12-19-37(30)45-38)24-28-14-7-10-18-34-40(28)41(42)31-16-8-11-17-33(31)43(34,3)4/h5-17,19-25H,2,18H2,1,3-4H3/b6-5-,27-13-. The van der Waals surface area contributed by atoms with Gasteiger partial charge in [0.15, 0.2) is 0 Å². The molecule has 2 aromatic heterocycles. The Kier molecular flexibility index (Phi) is 5.61. The molecule has 0 unspecified atom stereocenters. The first-order chi connectivity index (χ1) is 22.0. The highest BCUT2D eigenvalue weighted by Gasteiger charge is 2.35. The molecule has 0 spiro atoms. The summed E-state index contributed by atoms with van der Waals surface area (Å²) < 4.78 is 5.14. The summed E-state index contributed by atoms with van der Waals surface area (Å²) in [5.74, 6) is 0. The average molecular weight is 596 g/mol. The van der Waals surface area contributed by atoms with Crippen LogP contribution in [-0.4, -0.2) is 4.57 Å². The van der Waals surface area contributed by atoms with Gasteiger partial charge in [0.25, 0.3) is 0 Å². The molecule has 1 nitrogen and oxygen atoms in total. The number of rotatable bonds is 2. The van der Waals surface area contributed by atoms with Gasteiger partial charge in [-0.2, -0.15) is 0 Å². The van der Waals surface area contributed by atoms with Gasteiger partial charge in [0.05, 0.1) is 11.0 Å². The Labute approximate surface area is 266 Å². The second kappa shape index (κ2) is 9.54. The molecule has 0 aliphatic heterocycles. The van der Waals surface area contributed by atoms with Gasteiger partial charge in [-0.1, -0.05) is 105 Å². The van der Waals surface area contributed by atoms with E-state index in [1.807, 2.05) is 11.3 Å². The Morgan fingerprint density at radius 2 is 1.67 bits per heavy atom. The average Bonchev–Trinajstić information content (AvgIpc) is 3.50. The molecule has 2 heterocycles. The fourth-order valence-electron chi connectivity index (χ4n) is 8.01. The Morgan fingerprint density at radius 3 is 2.56 bits per heavy atom. The van der Waals surface area contributed by atoms with E-state index >= 15 is 0 Å². The van der Waals surface area contributed by atoms with Crippen molar-refractivity contribution in [1.82, 2.24) is 4.57 Å². The minimum Gasteiger partial charge on any atom is -0.309 e. The summed E-state index contributed by atoms with van der Waals surface area (Å²) in [6.45, 7) is 11.6. The maximum absolute atomic E-state index is 4.77. The molecule has 216 valence electrons. The van der Waals surface area contributed by atoms with Crippen LogP contribution >= 0.6 is 11.3 Å². The van der Waals surface area contributed by atoms with E-state index in [1.54, 1.807) is 0 Å². The second-order valence-electron chi connectivity index (χ2n) is 12.9. The molecule has 5 aromatic carbocycles. The largest absolute Gasteiger partial charge is 0.309 e. The summed E-state index contributed by atoms with van der Waals surface area (Å²) in [6, 6.07) is 31.8. The molecule has 2 aliphatic rings. The van der Waals surface area contributed by atoms with E-state index in [-0.39, 0.29) is 5.41 Å². The van der Waals surface area contributed by atoms with Gasteiger partial charge in [-0.25, -0.2) is 0 Å². The van der Waals surface area contributed by atoms with Gasteiger partial charge in [0.2, 0.25) is 0 Å². The van der Waals surface area contributed by atoms with Crippen molar-refractivity contribution in [2.24, 2.45) is 0 Å². The molecule has 0 bridgehead atoms. The van der Waals surface area contributed by atoms with Crippen LogP contribution in [0.5, 0.6) is 0 Å². The van der Waals surface area contributed by atoms with E-state index in [9.17, 15) is 0 Å². The molecular weight excluding hydrogens is 563 g/mol. The van der Waals surface area contributed by atoms with E-state index in [0.717, 1.165) is 16.9 Å². The summed E-state index contributed by atoms with van der Waals surface area (Å²) in [6.07, 6.45) is 14.2. The first-order valence-electron chi connectivity index (χ1n) is 15.8.